The molecule has 0 aliphatic carbocycles. The van der Waals surface area contributed by atoms with E-state index < -0.39 is 5.60 Å². The zero-order valence-electron chi connectivity index (χ0n) is 25.3. The number of aromatic nitrogens is 4. The van der Waals surface area contributed by atoms with Crippen molar-refractivity contribution in [2.75, 3.05) is 18.4 Å². The van der Waals surface area contributed by atoms with Crippen LogP contribution < -0.4 is 5.32 Å². The van der Waals surface area contributed by atoms with Crippen LogP contribution in [0, 0.1) is 18.3 Å². The molecule has 46 heavy (non-hydrogen) atoms. The number of benzene rings is 2. The lowest BCUT2D eigenvalue weighted by Gasteiger charge is -2.19. The number of aliphatic hydroxyl groups excluding tert-OH is 1. The molecule has 1 unspecified atom stereocenters. The third-order valence-corrected chi connectivity index (χ3v) is 8.79. The normalized spacial score (nSPS) is 16.7. The summed E-state index contributed by atoms with van der Waals surface area (Å²) in [6.45, 7) is 5.88. The van der Waals surface area contributed by atoms with Crippen LogP contribution in [0.4, 0.5) is 11.5 Å². The number of hydrogen-bond donors (Lipinski definition) is 3. The first kappa shape index (κ1) is 29.8. The Labute approximate surface area is 270 Å². The number of pyridine rings is 3. The zero-order chi connectivity index (χ0) is 32.0. The number of anilines is 2. The summed E-state index contributed by atoms with van der Waals surface area (Å²) >= 11 is 6.96. The van der Waals surface area contributed by atoms with Crippen LogP contribution in [-0.4, -0.2) is 53.7 Å². The number of rotatable bonds is 7. The molecule has 7 rings (SSSR count). The third-order valence-electron chi connectivity index (χ3n) is 8.41. The molecule has 1 aliphatic heterocycles. The first-order valence-electron chi connectivity index (χ1n) is 14.9. The largest absolute Gasteiger partial charge is 0.435 e. The lowest BCUT2D eigenvalue weighted by atomic mass is 10.0. The van der Waals surface area contributed by atoms with Gasteiger partial charge in [0, 0.05) is 54.9 Å². The molecule has 1 aliphatic rings. The van der Waals surface area contributed by atoms with E-state index in [4.69, 9.17) is 21.0 Å². The first-order valence-corrected chi connectivity index (χ1v) is 15.3. The van der Waals surface area contributed by atoms with Crippen molar-refractivity contribution in [3.05, 3.63) is 94.4 Å². The number of nitrogens with zero attached hydrogens (tertiary/aromatic N) is 6. The van der Waals surface area contributed by atoms with Crippen LogP contribution in [0.1, 0.15) is 35.6 Å². The minimum atomic E-state index is -0.643. The molecule has 11 heteroatoms. The molecule has 0 amide bonds. The Hall–Kier alpha value is -4.92. The number of oxazole rings is 1. The lowest BCUT2D eigenvalue weighted by molar-refractivity contribution is 0.0679. The summed E-state index contributed by atoms with van der Waals surface area (Å²) < 4.78 is 6.01. The summed E-state index contributed by atoms with van der Waals surface area (Å²) in [4.78, 5) is 20.8. The highest BCUT2D eigenvalue weighted by Gasteiger charge is 2.31. The van der Waals surface area contributed by atoms with E-state index in [1.165, 1.54) is 0 Å². The SMILES string of the molecule is Cc1c(Nc2nccc3cc(CN4CCC(C)(O)C4)cnc23)cccc1-c1nccc(-c2nc3cc(CO)cc(C#N)c3o2)c1Cl. The van der Waals surface area contributed by atoms with Gasteiger partial charge in [-0.15, -0.1) is 0 Å². The molecule has 10 nitrogen and oxygen atoms in total. The van der Waals surface area contributed by atoms with Gasteiger partial charge < -0.3 is 19.9 Å². The second-order valence-corrected chi connectivity index (χ2v) is 12.3. The minimum Gasteiger partial charge on any atom is -0.435 e. The number of hydrogen-bond acceptors (Lipinski definition) is 10. The molecule has 1 saturated heterocycles. The van der Waals surface area contributed by atoms with E-state index in [0.29, 0.717) is 45.3 Å². The fourth-order valence-corrected chi connectivity index (χ4v) is 6.34. The van der Waals surface area contributed by atoms with Gasteiger partial charge in [-0.2, -0.15) is 5.26 Å². The van der Waals surface area contributed by atoms with Crippen molar-refractivity contribution in [3.63, 3.8) is 0 Å². The Kier molecular flexibility index (Phi) is 7.63. The number of aliphatic hydroxyl groups is 2. The lowest BCUT2D eigenvalue weighted by Crippen LogP contribution is -2.29. The smallest absolute Gasteiger partial charge is 0.229 e. The van der Waals surface area contributed by atoms with Crippen LogP contribution in [0.5, 0.6) is 0 Å². The van der Waals surface area contributed by atoms with Gasteiger partial charge in [-0.25, -0.2) is 9.97 Å². The summed E-state index contributed by atoms with van der Waals surface area (Å²) in [6, 6.07) is 17.0. The summed E-state index contributed by atoms with van der Waals surface area (Å²) in [5, 5.41) is 34.3. The van der Waals surface area contributed by atoms with Crippen LogP contribution in [-0.2, 0) is 13.2 Å². The molecule has 0 saturated carbocycles. The molecule has 3 N–H and O–H groups in total. The maximum Gasteiger partial charge on any atom is 0.229 e. The van der Waals surface area contributed by atoms with Crippen molar-refractivity contribution < 1.29 is 14.6 Å². The Balaban J connectivity index is 1.20. The van der Waals surface area contributed by atoms with E-state index >= 15 is 0 Å². The van der Waals surface area contributed by atoms with Crippen LogP contribution >= 0.6 is 11.6 Å². The molecule has 6 aromatic rings. The molecule has 0 spiro atoms. The first-order chi connectivity index (χ1) is 22.2. The van der Waals surface area contributed by atoms with Crippen LogP contribution in [0.15, 0.2) is 71.5 Å². The van der Waals surface area contributed by atoms with Gasteiger partial charge in [0.25, 0.3) is 0 Å². The molecule has 1 fully saturated rings. The van der Waals surface area contributed by atoms with Crippen molar-refractivity contribution in [2.24, 2.45) is 0 Å². The number of likely N-dealkylation sites (tertiary alicyclic amines) is 1. The van der Waals surface area contributed by atoms with Crippen molar-refractivity contribution in [2.45, 2.75) is 39.0 Å². The second-order valence-electron chi connectivity index (χ2n) is 11.9. The monoisotopic (exact) mass is 631 g/mol. The van der Waals surface area contributed by atoms with Gasteiger partial charge in [0.05, 0.1) is 34.1 Å². The van der Waals surface area contributed by atoms with Crippen molar-refractivity contribution >= 4 is 45.1 Å². The number of nitriles is 1. The second kappa shape index (κ2) is 11.8. The maximum atomic E-state index is 10.3. The molecular formula is C35H30ClN7O3. The molecular weight excluding hydrogens is 602 g/mol. The quantitative estimate of drug-likeness (QED) is 0.178. The predicted molar refractivity (Wildman–Crippen MR) is 176 cm³/mol. The molecule has 5 heterocycles. The Morgan fingerprint density at radius 3 is 2.72 bits per heavy atom. The average Bonchev–Trinajstić information content (AvgIpc) is 3.63. The van der Waals surface area contributed by atoms with Gasteiger partial charge in [-0.1, -0.05) is 23.7 Å². The van der Waals surface area contributed by atoms with E-state index in [0.717, 1.165) is 52.8 Å². The topological polar surface area (TPSA) is 144 Å². The highest BCUT2D eigenvalue weighted by atomic mass is 35.5. The molecule has 4 aromatic heterocycles. The van der Waals surface area contributed by atoms with E-state index in [-0.39, 0.29) is 18.1 Å². The van der Waals surface area contributed by atoms with Crippen molar-refractivity contribution in [3.8, 4) is 28.8 Å². The van der Waals surface area contributed by atoms with Crippen molar-refractivity contribution in [1.29, 1.82) is 5.26 Å². The Bertz CT molecular complexity index is 2170. The summed E-state index contributed by atoms with van der Waals surface area (Å²) in [7, 11) is 0. The summed E-state index contributed by atoms with van der Waals surface area (Å²) in [5.41, 5.74) is 6.45. The Morgan fingerprint density at radius 2 is 1.93 bits per heavy atom. The highest BCUT2D eigenvalue weighted by Crippen LogP contribution is 2.39. The van der Waals surface area contributed by atoms with Crippen molar-refractivity contribution in [1.82, 2.24) is 24.8 Å². The maximum absolute atomic E-state index is 10.3. The number of halogens is 1. The number of β-amino-alcohol motifs (C(OH)–C–C–N with tert-alkyl or cyclic N) is 1. The number of nitrogens with one attached hydrogen (secondary N) is 1. The minimum absolute atomic E-state index is 0.217. The van der Waals surface area contributed by atoms with Gasteiger partial charge in [-0.3, -0.25) is 14.9 Å². The van der Waals surface area contributed by atoms with Crippen LogP contribution in [0.25, 0.3) is 44.7 Å². The van der Waals surface area contributed by atoms with E-state index in [1.807, 2.05) is 44.3 Å². The molecule has 0 radical (unpaired) electrons. The molecule has 0 bridgehead atoms. The van der Waals surface area contributed by atoms with E-state index in [1.54, 1.807) is 30.6 Å². The molecule has 2 aromatic carbocycles. The fraction of sp³-hybridized carbons (Fsp3) is 0.229. The van der Waals surface area contributed by atoms with Crippen LogP contribution in [0.2, 0.25) is 5.02 Å². The summed E-state index contributed by atoms with van der Waals surface area (Å²) in [6.07, 6.45) is 6.05. The standard InChI is InChI=1S/C35H30ClN7O3/c1-20-25(31-29(36)26(7-10-38-31)34-42-28-14-21(18-44)12-24(15-37)32(28)46-34)4-3-5-27(20)41-33-30-23(6-9-39-33)13-22(16-40-30)17-43-11-8-35(2,45)19-43/h3-7,9-10,12-14,16,44-45H,8,11,17-19H2,1-2H3,(H,39,41). The number of fused-ring (bicyclic) bond motifs is 2. The predicted octanol–water partition coefficient (Wildman–Crippen LogP) is 6.53. The molecule has 1 atom stereocenters. The highest BCUT2D eigenvalue weighted by molar-refractivity contribution is 6.35. The van der Waals surface area contributed by atoms with E-state index in [9.17, 15) is 15.5 Å². The van der Waals surface area contributed by atoms with Crippen LogP contribution in [0.3, 0.4) is 0 Å². The van der Waals surface area contributed by atoms with Gasteiger partial charge in [-0.05, 0) is 73.4 Å². The van der Waals surface area contributed by atoms with Gasteiger partial charge in [0.2, 0.25) is 5.89 Å². The fourth-order valence-electron chi connectivity index (χ4n) is 6.05. The van der Waals surface area contributed by atoms with Gasteiger partial charge in [0.15, 0.2) is 11.4 Å². The summed E-state index contributed by atoms with van der Waals surface area (Å²) in [5.74, 6) is 0.880. The van der Waals surface area contributed by atoms with E-state index in [2.05, 4.69) is 37.3 Å². The Morgan fingerprint density at radius 1 is 1.09 bits per heavy atom. The molecule has 230 valence electrons. The average molecular weight is 632 g/mol. The van der Waals surface area contributed by atoms with Gasteiger partial charge in [0.1, 0.15) is 17.1 Å². The van der Waals surface area contributed by atoms with Gasteiger partial charge >= 0.3 is 0 Å². The zero-order valence-corrected chi connectivity index (χ0v) is 26.0. The third kappa shape index (κ3) is 5.55.